The number of allylic oxidation sites excluding steroid dienone is 3. The Morgan fingerprint density at radius 1 is 1.67 bits per heavy atom. The van der Waals surface area contributed by atoms with Crippen LogP contribution in [0.1, 0.15) is 6.42 Å². The first-order valence-electron chi connectivity index (χ1n) is 2.77. The second kappa shape index (κ2) is 3.47. The number of hydrogen-bond donors (Lipinski definition) is 0. The van der Waals surface area contributed by atoms with E-state index in [4.69, 9.17) is 0 Å². The summed E-state index contributed by atoms with van der Waals surface area (Å²) in [7, 11) is 0. The van der Waals surface area contributed by atoms with Crippen LogP contribution in [0.2, 0.25) is 0 Å². The van der Waals surface area contributed by atoms with Crippen molar-refractivity contribution in [2.24, 2.45) is 0 Å². The molecular weight excluding hydrogens is 196 g/mol. The maximum Gasteiger partial charge on any atom is 0.00375 e. The molecule has 1 aliphatic rings. The second-order valence-corrected chi connectivity index (χ2v) is 3.57. The van der Waals surface area contributed by atoms with Crippen LogP contribution in [0, 0.1) is 6.42 Å². The molecule has 0 amide bonds. The summed E-state index contributed by atoms with van der Waals surface area (Å²) in [5.41, 5.74) is 0. The third-order valence-electron chi connectivity index (χ3n) is 1.15. The lowest BCUT2D eigenvalue weighted by Crippen LogP contribution is -1.83. The maximum atomic E-state index is 3.42. The van der Waals surface area contributed by atoms with Gasteiger partial charge in [-0.05, 0) is 18.8 Å². The van der Waals surface area contributed by atoms with Gasteiger partial charge in [0.1, 0.15) is 0 Å². The molecule has 1 rings (SSSR count). The fourth-order valence-electron chi connectivity index (χ4n) is 0.684. The van der Waals surface area contributed by atoms with E-state index in [2.05, 4.69) is 40.8 Å². The van der Waals surface area contributed by atoms with Gasteiger partial charge in [0.15, 0.2) is 0 Å². The van der Waals surface area contributed by atoms with E-state index >= 15 is 0 Å². The molecule has 0 aromatic rings. The monoisotopic (exact) mass is 203 g/mol. The van der Waals surface area contributed by atoms with Gasteiger partial charge in [-0.3, -0.25) is 0 Å². The molecular formula is C7H8BrS. The molecule has 0 aromatic carbocycles. The highest BCUT2D eigenvalue weighted by atomic mass is 79.9. The molecule has 0 atom stereocenters. The zero-order chi connectivity index (χ0) is 6.69. The first kappa shape index (κ1) is 7.42. The van der Waals surface area contributed by atoms with E-state index in [9.17, 15) is 0 Å². The van der Waals surface area contributed by atoms with Crippen molar-refractivity contribution >= 4 is 27.7 Å². The van der Waals surface area contributed by atoms with Crippen LogP contribution in [0.25, 0.3) is 0 Å². The van der Waals surface area contributed by atoms with Crippen molar-refractivity contribution in [2.75, 3.05) is 6.26 Å². The number of halogens is 1. The topological polar surface area (TPSA) is 0 Å². The molecule has 0 heterocycles. The Bertz CT molecular complexity index is 158. The average Bonchev–Trinajstić information content (AvgIpc) is 1.88. The summed E-state index contributed by atoms with van der Waals surface area (Å²) >= 11 is 5.21. The number of thioether (sulfide) groups is 1. The molecule has 0 spiro atoms. The summed E-state index contributed by atoms with van der Waals surface area (Å²) in [6.45, 7) is 0. The molecule has 0 fully saturated rings. The van der Waals surface area contributed by atoms with Crippen molar-refractivity contribution in [2.45, 2.75) is 6.42 Å². The van der Waals surface area contributed by atoms with E-state index in [1.807, 2.05) is 0 Å². The predicted octanol–water partition coefficient (Wildman–Crippen LogP) is 3.12. The molecule has 0 aromatic heterocycles. The Labute approximate surface area is 68.5 Å². The van der Waals surface area contributed by atoms with E-state index in [0.29, 0.717) is 0 Å². The summed E-state index contributed by atoms with van der Waals surface area (Å²) in [6, 6.07) is 0. The molecule has 9 heavy (non-hydrogen) atoms. The third-order valence-corrected chi connectivity index (χ3v) is 2.46. The molecule has 0 saturated carbocycles. The van der Waals surface area contributed by atoms with Gasteiger partial charge in [0.2, 0.25) is 0 Å². The van der Waals surface area contributed by atoms with E-state index in [1.165, 1.54) is 9.39 Å². The lowest BCUT2D eigenvalue weighted by Gasteiger charge is -2.05. The molecule has 0 nitrogen and oxygen atoms in total. The van der Waals surface area contributed by atoms with Gasteiger partial charge in [-0.1, -0.05) is 22.0 Å². The van der Waals surface area contributed by atoms with Crippen LogP contribution >= 0.6 is 27.7 Å². The third kappa shape index (κ3) is 2.18. The smallest absolute Gasteiger partial charge is 0.00375 e. The highest BCUT2D eigenvalue weighted by molar-refractivity contribution is 9.11. The van der Waals surface area contributed by atoms with Gasteiger partial charge in [0, 0.05) is 15.8 Å². The Balaban J connectivity index is 2.63. The lowest BCUT2D eigenvalue weighted by atomic mass is 10.2. The van der Waals surface area contributed by atoms with Crippen LogP contribution in [-0.2, 0) is 0 Å². The van der Waals surface area contributed by atoms with Gasteiger partial charge < -0.3 is 0 Å². The summed E-state index contributed by atoms with van der Waals surface area (Å²) < 4.78 is 1.20. The van der Waals surface area contributed by atoms with E-state index in [0.717, 1.165) is 6.42 Å². The van der Waals surface area contributed by atoms with Crippen LogP contribution in [0.15, 0.2) is 21.5 Å². The van der Waals surface area contributed by atoms with Gasteiger partial charge in [0.25, 0.3) is 0 Å². The zero-order valence-corrected chi connectivity index (χ0v) is 7.63. The van der Waals surface area contributed by atoms with Gasteiger partial charge >= 0.3 is 0 Å². The van der Waals surface area contributed by atoms with Crippen molar-refractivity contribution in [3.63, 3.8) is 0 Å². The Morgan fingerprint density at radius 3 is 2.89 bits per heavy atom. The summed E-state index contributed by atoms with van der Waals surface area (Å²) in [4.78, 5) is 1.35. The standard InChI is InChI=1S/C7H8BrS/c1-9-7-4-2-3-6(8)5-7/h3-5H,2H2,1H3. The Hall–Kier alpha value is 0.310. The molecule has 0 unspecified atom stereocenters. The molecule has 0 aliphatic heterocycles. The highest BCUT2D eigenvalue weighted by Crippen LogP contribution is 2.26. The average molecular weight is 204 g/mol. The number of rotatable bonds is 1. The molecule has 49 valence electrons. The van der Waals surface area contributed by atoms with Gasteiger partial charge in [-0.25, -0.2) is 0 Å². The summed E-state index contributed by atoms with van der Waals surface area (Å²) in [6.07, 6.45) is 9.66. The van der Waals surface area contributed by atoms with E-state index in [1.54, 1.807) is 11.8 Å². The highest BCUT2D eigenvalue weighted by Gasteiger charge is 2.00. The van der Waals surface area contributed by atoms with Crippen LogP contribution in [0.5, 0.6) is 0 Å². The van der Waals surface area contributed by atoms with Crippen LogP contribution in [-0.4, -0.2) is 6.26 Å². The molecule has 1 aliphatic carbocycles. The number of hydrogen-bond acceptors (Lipinski definition) is 1. The van der Waals surface area contributed by atoms with Crippen molar-refractivity contribution < 1.29 is 0 Å². The molecule has 1 radical (unpaired) electrons. The van der Waals surface area contributed by atoms with Crippen LogP contribution < -0.4 is 0 Å². The minimum Gasteiger partial charge on any atom is -0.130 e. The van der Waals surface area contributed by atoms with Gasteiger partial charge in [-0.2, -0.15) is 0 Å². The fourth-order valence-corrected chi connectivity index (χ4v) is 1.78. The van der Waals surface area contributed by atoms with Crippen LogP contribution in [0.4, 0.5) is 0 Å². The maximum absolute atomic E-state index is 3.42. The van der Waals surface area contributed by atoms with E-state index in [-0.39, 0.29) is 0 Å². The zero-order valence-electron chi connectivity index (χ0n) is 5.23. The summed E-state index contributed by atoms with van der Waals surface area (Å²) in [5, 5.41) is 0. The minimum atomic E-state index is 1.06. The quantitative estimate of drug-likeness (QED) is 0.632. The van der Waals surface area contributed by atoms with Crippen molar-refractivity contribution in [1.29, 1.82) is 0 Å². The largest absolute Gasteiger partial charge is 0.130 e. The molecule has 0 bridgehead atoms. The van der Waals surface area contributed by atoms with Crippen molar-refractivity contribution in [1.82, 2.24) is 0 Å². The fraction of sp³-hybridized carbons (Fsp3) is 0.286. The normalized spacial score (nSPS) is 18.9. The van der Waals surface area contributed by atoms with E-state index < -0.39 is 0 Å². The molecule has 0 saturated heterocycles. The Kier molecular flexibility index (Phi) is 2.86. The van der Waals surface area contributed by atoms with Crippen molar-refractivity contribution in [3.8, 4) is 0 Å². The second-order valence-electron chi connectivity index (χ2n) is 1.78. The SMILES string of the molecule is CSC1=CC[CH]C(Br)=C1. The molecule has 2 heteroatoms. The molecule has 0 N–H and O–H groups in total. The lowest BCUT2D eigenvalue weighted by molar-refractivity contribution is 1.25. The first-order chi connectivity index (χ1) is 4.33. The van der Waals surface area contributed by atoms with Crippen molar-refractivity contribution in [3.05, 3.63) is 28.0 Å². The predicted molar refractivity (Wildman–Crippen MR) is 47.5 cm³/mol. The van der Waals surface area contributed by atoms with Gasteiger partial charge in [-0.15, -0.1) is 11.8 Å². The Morgan fingerprint density at radius 2 is 2.44 bits per heavy atom. The van der Waals surface area contributed by atoms with Crippen LogP contribution in [0.3, 0.4) is 0 Å². The summed E-state index contributed by atoms with van der Waals surface area (Å²) in [5.74, 6) is 0. The first-order valence-corrected chi connectivity index (χ1v) is 4.79. The minimum absolute atomic E-state index is 1.06. The van der Waals surface area contributed by atoms with Gasteiger partial charge in [0.05, 0.1) is 0 Å².